The predicted octanol–water partition coefficient (Wildman–Crippen LogP) is 15.6. The highest BCUT2D eigenvalue weighted by Gasteiger charge is 2.57. The van der Waals surface area contributed by atoms with Crippen molar-refractivity contribution in [1.29, 1.82) is 0 Å². The number of allylic oxidation sites excluding steroid dienone is 14. The maximum atomic E-state index is 2.80. The molecule has 6 aliphatic rings. The van der Waals surface area contributed by atoms with Crippen molar-refractivity contribution >= 4 is 64.7 Å². The summed E-state index contributed by atoms with van der Waals surface area (Å²) in [6, 6.07) is 48.6. The van der Waals surface area contributed by atoms with E-state index in [0.717, 1.165) is 38.5 Å². The highest BCUT2D eigenvalue weighted by atomic mass is 32.1. The number of thiophene rings is 1. The number of hydrogen-bond donors (Lipinski definition) is 0. The van der Waals surface area contributed by atoms with Crippen molar-refractivity contribution in [3.8, 4) is 0 Å². The van der Waals surface area contributed by atoms with Gasteiger partial charge in [0.25, 0.3) is 0 Å². The van der Waals surface area contributed by atoms with Crippen LogP contribution in [0.5, 0.6) is 0 Å². The fourth-order valence-electron chi connectivity index (χ4n) is 12.2. The van der Waals surface area contributed by atoms with E-state index in [-0.39, 0.29) is 17.4 Å². The lowest BCUT2D eigenvalue weighted by molar-refractivity contribution is 0.609. The van der Waals surface area contributed by atoms with E-state index in [1.54, 1.807) is 0 Å². The summed E-state index contributed by atoms with van der Waals surface area (Å²) in [6.45, 7) is 0. The average Bonchev–Trinajstić information content (AvgIpc) is 3.97. The predicted molar refractivity (Wildman–Crippen MR) is 260 cm³/mol. The van der Waals surface area contributed by atoms with Gasteiger partial charge in [0, 0.05) is 43.0 Å². The summed E-state index contributed by atoms with van der Waals surface area (Å²) in [7, 11) is 0. The molecule has 0 fully saturated rings. The van der Waals surface area contributed by atoms with E-state index in [9.17, 15) is 0 Å². The Hall–Kier alpha value is -6.48. The first-order chi connectivity index (χ1) is 30.3. The van der Waals surface area contributed by atoms with Gasteiger partial charge in [-0.3, -0.25) is 0 Å². The summed E-state index contributed by atoms with van der Waals surface area (Å²) in [4.78, 5) is 2.80. The second-order valence-electron chi connectivity index (χ2n) is 17.5. The van der Waals surface area contributed by atoms with Crippen LogP contribution in [0.2, 0.25) is 0 Å². The van der Waals surface area contributed by atoms with Crippen molar-refractivity contribution in [2.24, 2.45) is 0 Å². The van der Waals surface area contributed by atoms with Crippen LogP contribution in [-0.4, -0.2) is 6.04 Å². The molecular formula is C59H45NS. The normalized spacial score (nSPS) is 22.2. The van der Waals surface area contributed by atoms with Gasteiger partial charge in [0.2, 0.25) is 0 Å². The van der Waals surface area contributed by atoms with Gasteiger partial charge < -0.3 is 4.90 Å². The molecular weight excluding hydrogens is 755 g/mol. The molecule has 1 aromatic heterocycles. The highest BCUT2D eigenvalue weighted by molar-refractivity contribution is 7.25. The van der Waals surface area contributed by atoms with Crippen LogP contribution in [0.25, 0.3) is 47.7 Å². The molecule has 3 unspecified atom stereocenters. The first-order valence-corrected chi connectivity index (χ1v) is 23.1. The van der Waals surface area contributed by atoms with Crippen LogP contribution in [-0.2, 0) is 5.41 Å². The SMILES string of the molecule is C1=CCCC(c2c(N(C3=CC=C(c4cccc5sc6ccccc6c45)CC3)C3C=CC=C4C3c3ccccc3C43C4=C(CCC=C4)c4ccccc43)ccc3ccccc23)=C1. The summed E-state index contributed by atoms with van der Waals surface area (Å²) >= 11 is 1.91. The molecule has 2 heteroatoms. The molecule has 1 spiro atoms. The Morgan fingerprint density at radius 2 is 1.38 bits per heavy atom. The Morgan fingerprint density at radius 1 is 0.574 bits per heavy atom. The second-order valence-corrected chi connectivity index (χ2v) is 18.6. The number of benzene rings is 6. The third kappa shape index (κ3) is 5.06. The van der Waals surface area contributed by atoms with E-state index in [4.69, 9.17) is 0 Å². The van der Waals surface area contributed by atoms with Crippen LogP contribution < -0.4 is 4.90 Å². The fourth-order valence-corrected chi connectivity index (χ4v) is 13.3. The van der Waals surface area contributed by atoms with E-state index in [1.807, 2.05) is 11.3 Å². The van der Waals surface area contributed by atoms with E-state index in [0.29, 0.717) is 0 Å². The van der Waals surface area contributed by atoms with Gasteiger partial charge in [-0.15, -0.1) is 11.3 Å². The smallest absolute Gasteiger partial charge is 0.0682 e. The number of hydrogen-bond acceptors (Lipinski definition) is 2. The molecule has 13 rings (SSSR count). The summed E-state index contributed by atoms with van der Waals surface area (Å²) in [5.41, 5.74) is 18.3. The quantitative estimate of drug-likeness (QED) is 0.168. The molecule has 6 aliphatic carbocycles. The standard InChI is InChI=1S/C59H45NS/c1-2-17-40(18-3-1)56-42-19-5-4-16-38(42)34-37-53(56)60(41-35-32-39(33-36-41)43-24-14-31-55-57(43)47-23-9-13-30-54(47)61-55)52-29-15-28-51-58(52)46-22-8-12-27-50(46)59(51)48-25-10-6-20-44(48)45-21-7-11-26-49(45)59/h1-2,4-6,8-17,19-20,22-32,34-35,37,52,58H,3,7,18,21,33,36H2. The largest absolute Gasteiger partial charge is 0.337 e. The molecule has 292 valence electrons. The Morgan fingerprint density at radius 3 is 2.28 bits per heavy atom. The Bertz CT molecular complexity index is 3280. The minimum absolute atomic E-state index is 0.0648. The van der Waals surface area contributed by atoms with Crippen LogP contribution >= 0.6 is 11.3 Å². The van der Waals surface area contributed by atoms with Crippen molar-refractivity contribution in [1.82, 2.24) is 0 Å². The maximum absolute atomic E-state index is 2.80. The summed E-state index contributed by atoms with van der Waals surface area (Å²) < 4.78 is 2.73. The number of rotatable bonds is 5. The zero-order valence-electron chi connectivity index (χ0n) is 34.2. The third-order valence-electron chi connectivity index (χ3n) is 14.6. The van der Waals surface area contributed by atoms with Gasteiger partial charge >= 0.3 is 0 Å². The molecule has 0 bridgehead atoms. The van der Waals surface area contributed by atoms with Crippen molar-refractivity contribution < 1.29 is 0 Å². The Balaban J connectivity index is 1.04. The van der Waals surface area contributed by atoms with E-state index < -0.39 is 0 Å². The van der Waals surface area contributed by atoms with Gasteiger partial charge in [0.1, 0.15) is 0 Å². The maximum Gasteiger partial charge on any atom is 0.0682 e. The zero-order chi connectivity index (χ0) is 40.1. The molecule has 0 amide bonds. The molecule has 0 saturated heterocycles. The fraction of sp³-hybridized carbons (Fsp3) is 0.153. The molecule has 1 nitrogen and oxygen atoms in total. The molecule has 6 aromatic carbocycles. The molecule has 61 heavy (non-hydrogen) atoms. The van der Waals surface area contributed by atoms with Crippen molar-refractivity contribution in [2.75, 3.05) is 4.90 Å². The molecule has 0 aliphatic heterocycles. The van der Waals surface area contributed by atoms with Crippen LogP contribution in [0.15, 0.2) is 205 Å². The lowest BCUT2D eigenvalue weighted by Gasteiger charge is -2.43. The molecule has 3 atom stereocenters. The molecule has 0 saturated carbocycles. The topological polar surface area (TPSA) is 3.24 Å². The van der Waals surface area contributed by atoms with Crippen molar-refractivity contribution in [3.05, 3.63) is 238 Å². The third-order valence-corrected chi connectivity index (χ3v) is 15.7. The van der Waals surface area contributed by atoms with Crippen LogP contribution in [0.1, 0.15) is 77.8 Å². The lowest BCUT2D eigenvalue weighted by Crippen LogP contribution is -2.41. The second kappa shape index (κ2) is 13.8. The number of anilines is 1. The van der Waals surface area contributed by atoms with Gasteiger partial charge in [-0.2, -0.15) is 0 Å². The molecule has 1 heterocycles. The van der Waals surface area contributed by atoms with Gasteiger partial charge in [0.05, 0.1) is 11.5 Å². The van der Waals surface area contributed by atoms with Crippen molar-refractivity contribution in [3.63, 3.8) is 0 Å². The van der Waals surface area contributed by atoms with Crippen LogP contribution in [0, 0.1) is 0 Å². The summed E-state index contributed by atoms with van der Waals surface area (Å²) in [6.07, 6.45) is 30.5. The van der Waals surface area contributed by atoms with Gasteiger partial charge in [-0.1, -0.05) is 164 Å². The van der Waals surface area contributed by atoms with Crippen LogP contribution in [0.3, 0.4) is 0 Å². The molecule has 0 radical (unpaired) electrons. The average molecular weight is 800 g/mol. The molecule has 7 aromatic rings. The van der Waals surface area contributed by atoms with Crippen molar-refractivity contribution in [2.45, 2.75) is 55.9 Å². The van der Waals surface area contributed by atoms with E-state index in [1.165, 1.54) is 104 Å². The van der Waals surface area contributed by atoms with E-state index >= 15 is 0 Å². The Labute approximate surface area is 362 Å². The van der Waals surface area contributed by atoms with E-state index in [2.05, 4.69) is 193 Å². The minimum Gasteiger partial charge on any atom is -0.337 e. The zero-order valence-corrected chi connectivity index (χ0v) is 35.0. The number of nitrogens with zero attached hydrogens (tertiary/aromatic N) is 1. The lowest BCUT2D eigenvalue weighted by atomic mass is 9.67. The monoisotopic (exact) mass is 799 g/mol. The first-order valence-electron chi connectivity index (χ1n) is 22.2. The summed E-state index contributed by atoms with van der Waals surface area (Å²) in [5.74, 6) is 0.160. The van der Waals surface area contributed by atoms with Gasteiger partial charge in [-0.05, 0) is 129 Å². The Kier molecular flexibility index (Phi) is 7.97. The molecule has 0 N–H and O–H groups in total. The minimum atomic E-state index is -0.308. The van der Waals surface area contributed by atoms with Gasteiger partial charge in [-0.25, -0.2) is 0 Å². The summed E-state index contributed by atoms with van der Waals surface area (Å²) in [5, 5.41) is 5.40. The van der Waals surface area contributed by atoms with Gasteiger partial charge in [0.15, 0.2) is 0 Å². The highest BCUT2D eigenvalue weighted by Crippen LogP contribution is 2.66. The first kappa shape index (κ1) is 35.3. The van der Waals surface area contributed by atoms with Crippen LogP contribution in [0.4, 0.5) is 5.69 Å². The number of fused-ring (bicyclic) bond motifs is 13.